The van der Waals surface area contributed by atoms with Gasteiger partial charge < -0.3 is 8.97 Å². The monoisotopic (exact) mass is 426 g/mol. The van der Waals surface area contributed by atoms with Crippen molar-refractivity contribution in [3.63, 3.8) is 0 Å². The summed E-state index contributed by atoms with van der Waals surface area (Å²) in [7, 11) is 4.89. The van der Waals surface area contributed by atoms with Gasteiger partial charge >= 0.3 is 0 Å². The van der Waals surface area contributed by atoms with E-state index in [0.29, 0.717) is 0 Å². The fraction of sp³-hybridized carbons (Fsp3) is 1.00. The van der Waals surface area contributed by atoms with E-state index in [9.17, 15) is 0 Å². The molecule has 182 valence electrons. The van der Waals surface area contributed by atoms with Gasteiger partial charge in [-0.25, -0.2) is 0 Å². The van der Waals surface area contributed by atoms with Crippen LogP contribution in [0.1, 0.15) is 130 Å². The number of nitrogens with zero attached hydrogens (tertiary/aromatic N) is 2. The minimum Gasteiger partial charge on any atom is -0.326 e. The first-order valence-corrected chi connectivity index (χ1v) is 14.1. The summed E-state index contributed by atoms with van der Waals surface area (Å²) >= 11 is 0. The van der Waals surface area contributed by atoms with Crippen LogP contribution in [0.25, 0.3) is 0 Å². The lowest BCUT2D eigenvalue weighted by atomic mass is 10.0. The highest BCUT2D eigenvalue weighted by Gasteiger charge is 2.17. The van der Waals surface area contributed by atoms with E-state index < -0.39 is 0 Å². The Morgan fingerprint density at radius 3 is 0.767 bits per heavy atom. The molecule has 0 aliphatic rings. The Morgan fingerprint density at radius 1 is 0.333 bits per heavy atom. The van der Waals surface area contributed by atoms with Gasteiger partial charge in [0.2, 0.25) is 0 Å². The summed E-state index contributed by atoms with van der Waals surface area (Å²) in [6, 6.07) is 0. The van der Waals surface area contributed by atoms with E-state index in [1.54, 1.807) is 0 Å². The summed E-state index contributed by atoms with van der Waals surface area (Å²) in [6.07, 6.45) is 23.1. The van der Waals surface area contributed by atoms with Crippen molar-refractivity contribution >= 4 is 0 Å². The molecule has 2 heteroatoms. The van der Waals surface area contributed by atoms with E-state index in [2.05, 4.69) is 41.8 Å². The Bertz CT molecular complexity index is 323. The topological polar surface area (TPSA) is 0 Å². The lowest BCUT2D eigenvalue weighted by molar-refractivity contribution is -0.908. The molecule has 0 spiro atoms. The van der Waals surface area contributed by atoms with Crippen molar-refractivity contribution in [2.45, 2.75) is 130 Å². The number of hydrogen-bond acceptors (Lipinski definition) is 0. The van der Waals surface area contributed by atoms with E-state index in [4.69, 9.17) is 0 Å². The fourth-order valence-electron chi connectivity index (χ4n) is 5.04. The lowest BCUT2D eigenvalue weighted by Crippen LogP contribution is -2.45. The van der Waals surface area contributed by atoms with E-state index in [1.807, 2.05) is 0 Å². The first kappa shape index (κ1) is 29.9. The molecule has 2 unspecified atom stereocenters. The standard InChI is InChI=1S/C28H62N2/c1-7-25-29(5,9-3)27-23-21-19-17-15-13-11-12-14-16-18-20-22-24-28-30(6,10-4)26-8-2/h7-28H2,1-6H3/q+2. The molecule has 0 amide bonds. The molecule has 0 heterocycles. The van der Waals surface area contributed by atoms with Crippen LogP contribution in [0.5, 0.6) is 0 Å². The third kappa shape index (κ3) is 16.6. The average Bonchev–Trinajstić information content (AvgIpc) is 2.73. The molecule has 0 aliphatic carbocycles. The van der Waals surface area contributed by atoms with Crippen molar-refractivity contribution in [3.05, 3.63) is 0 Å². The third-order valence-electron chi connectivity index (χ3n) is 7.70. The van der Waals surface area contributed by atoms with Gasteiger partial charge in [-0.2, -0.15) is 0 Å². The van der Waals surface area contributed by atoms with Gasteiger partial charge in [0, 0.05) is 0 Å². The molecule has 30 heavy (non-hydrogen) atoms. The van der Waals surface area contributed by atoms with Gasteiger partial charge in [0.05, 0.1) is 53.4 Å². The molecule has 0 fully saturated rings. The van der Waals surface area contributed by atoms with Crippen LogP contribution in [0.3, 0.4) is 0 Å². The number of unbranched alkanes of at least 4 members (excludes halogenated alkanes) is 13. The van der Waals surface area contributed by atoms with Crippen LogP contribution in [-0.2, 0) is 0 Å². The molecular formula is C28H62N2+2. The van der Waals surface area contributed by atoms with Crippen LogP contribution in [0.15, 0.2) is 0 Å². The van der Waals surface area contributed by atoms with Gasteiger partial charge in [-0.1, -0.05) is 78.1 Å². The van der Waals surface area contributed by atoms with Crippen molar-refractivity contribution in [2.75, 3.05) is 53.4 Å². The molecule has 0 aromatic rings. The van der Waals surface area contributed by atoms with Crippen molar-refractivity contribution in [1.82, 2.24) is 0 Å². The van der Waals surface area contributed by atoms with Gasteiger partial charge in [-0.05, 0) is 52.4 Å². The van der Waals surface area contributed by atoms with Crippen molar-refractivity contribution in [1.29, 1.82) is 0 Å². The summed E-state index contributed by atoms with van der Waals surface area (Å²) in [6.45, 7) is 17.4. The zero-order valence-electron chi connectivity index (χ0n) is 22.5. The minimum atomic E-state index is 1.28. The van der Waals surface area contributed by atoms with Gasteiger partial charge in [-0.3, -0.25) is 0 Å². The quantitative estimate of drug-likeness (QED) is 0.114. The number of quaternary nitrogens is 2. The van der Waals surface area contributed by atoms with Crippen LogP contribution in [0, 0.1) is 0 Å². The zero-order valence-corrected chi connectivity index (χ0v) is 22.5. The Kier molecular flexibility index (Phi) is 19.5. The van der Waals surface area contributed by atoms with Crippen molar-refractivity contribution in [3.8, 4) is 0 Å². The highest BCUT2D eigenvalue weighted by atomic mass is 15.3. The average molecular weight is 427 g/mol. The Morgan fingerprint density at radius 2 is 0.567 bits per heavy atom. The van der Waals surface area contributed by atoms with E-state index >= 15 is 0 Å². The molecule has 0 N–H and O–H groups in total. The predicted octanol–water partition coefficient (Wildman–Crippen LogP) is 8.20. The smallest absolute Gasteiger partial charge is 0.0784 e. The maximum Gasteiger partial charge on any atom is 0.0784 e. The second-order valence-electron chi connectivity index (χ2n) is 10.7. The van der Waals surface area contributed by atoms with Gasteiger partial charge in [0.25, 0.3) is 0 Å². The predicted molar refractivity (Wildman–Crippen MR) is 138 cm³/mol. The Hall–Kier alpha value is -0.0800. The van der Waals surface area contributed by atoms with Crippen molar-refractivity contribution < 1.29 is 8.97 Å². The zero-order chi connectivity index (χ0) is 22.6. The second-order valence-corrected chi connectivity index (χ2v) is 10.7. The van der Waals surface area contributed by atoms with Crippen LogP contribution < -0.4 is 0 Å². The number of hydrogen-bond donors (Lipinski definition) is 0. The fourth-order valence-corrected chi connectivity index (χ4v) is 5.04. The van der Waals surface area contributed by atoms with Gasteiger partial charge in [0.15, 0.2) is 0 Å². The van der Waals surface area contributed by atoms with Crippen LogP contribution in [-0.4, -0.2) is 62.3 Å². The maximum absolute atomic E-state index is 2.44. The molecule has 0 bridgehead atoms. The molecule has 0 radical (unpaired) electrons. The van der Waals surface area contributed by atoms with E-state index in [-0.39, 0.29) is 0 Å². The lowest BCUT2D eigenvalue weighted by Gasteiger charge is -2.33. The van der Waals surface area contributed by atoms with Crippen molar-refractivity contribution in [2.24, 2.45) is 0 Å². The van der Waals surface area contributed by atoms with Crippen LogP contribution >= 0.6 is 0 Å². The highest BCUT2D eigenvalue weighted by molar-refractivity contribution is 4.50. The first-order chi connectivity index (χ1) is 14.4. The molecule has 2 atom stereocenters. The Labute approximate surface area is 193 Å². The molecular weight excluding hydrogens is 364 g/mol. The second kappa shape index (κ2) is 19.6. The summed E-state index contributed by atoms with van der Waals surface area (Å²) in [5.41, 5.74) is 0. The summed E-state index contributed by atoms with van der Waals surface area (Å²) < 4.78 is 2.57. The Balaban J connectivity index is 3.34. The maximum atomic E-state index is 2.44. The molecule has 0 rings (SSSR count). The summed E-state index contributed by atoms with van der Waals surface area (Å²) in [5, 5.41) is 0. The highest BCUT2D eigenvalue weighted by Crippen LogP contribution is 2.15. The minimum absolute atomic E-state index is 1.28. The first-order valence-electron chi connectivity index (χ1n) is 14.1. The van der Waals surface area contributed by atoms with E-state index in [1.165, 1.54) is 151 Å². The van der Waals surface area contributed by atoms with Crippen LogP contribution in [0.2, 0.25) is 0 Å². The molecule has 0 saturated heterocycles. The molecule has 0 aromatic carbocycles. The number of rotatable bonds is 23. The van der Waals surface area contributed by atoms with Gasteiger partial charge in [0.1, 0.15) is 0 Å². The van der Waals surface area contributed by atoms with Gasteiger partial charge in [-0.15, -0.1) is 0 Å². The van der Waals surface area contributed by atoms with Crippen LogP contribution in [0.4, 0.5) is 0 Å². The SMILES string of the molecule is CCC[N+](C)(CC)CCCCCCCCCCCCCCCC[N+](C)(CC)CCC. The molecule has 0 saturated carbocycles. The molecule has 0 aliphatic heterocycles. The third-order valence-corrected chi connectivity index (χ3v) is 7.70. The largest absolute Gasteiger partial charge is 0.326 e. The molecule has 0 aromatic heterocycles. The summed E-state index contributed by atoms with van der Waals surface area (Å²) in [4.78, 5) is 0. The molecule has 2 nitrogen and oxygen atoms in total. The van der Waals surface area contributed by atoms with E-state index in [0.717, 1.165) is 0 Å². The summed E-state index contributed by atoms with van der Waals surface area (Å²) in [5.74, 6) is 0. The normalized spacial score (nSPS) is 15.8.